The first kappa shape index (κ1) is 12.6. The van der Waals surface area contributed by atoms with E-state index in [1.54, 1.807) is 7.11 Å². The van der Waals surface area contributed by atoms with Crippen molar-refractivity contribution >= 4 is 17.3 Å². The highest BCUT2D eigenvalue weighted by atomic mass is 32.1. The number of hydrogen-bond donors (Lipinski definition) is 1. The van der Waals surface area contributed by atoms with Crippen molar-refractivity contribution in [3.8, 4) is 17.0 Å². The van der Waals surface area contributed by atoms with E-state index in [2.05, 4.69) is 4.98 Å². The Morgan fingerprint density at radius 1 is 1.39 bits per heavy atom. The van der Waals surface area contributed by atoms with Gasteiger partial charge in [-0.25, -0.2) is 9.78 Å². The molecule has 0 amide bonds. The van der Waals surface area contributed by atoms with E-state index >= 15 is 0 Å². The second-order valence-corrected chi connectivity index (χ2v) is 5.14. The van der Waals surface area contributed by atoms with Crippen LogP contribution in [0, 0.1) is 13.8 Å². The molecule has 2 rings (SSSR count). The lowest BCUT2D eigenvalue weighted by molar-refractivity contribution is 0.0696. The molecule has 0 aliphatic heterocycles. The third-order valence-corrected chi connectivity index (χ3v) is 3.55. The molecule has 0 bridgehead atoms. The minimum Gasteiger partial charge on any atom is -0.496 e. The standard InChI is InChI=1S/C13H13NO3S/c1-7-4-5-10(17-3)9(6-7)11-8(2)18-12(14-11)13(15)16/h4-6H,1-3H3,(H,15,16). The number of carboxylic acids is 1. The number of ether oxygens (including phenoxy) is 1. The molecule has 1 aromatic heterocycles. The number of benzene rings is 1. The van der Waals surface area contributed by atoms with Gasteiger partial charge in [0.25, 0.3) is 0 Å². The van der Waals surface area contributed by atoms with Gasteiger partial charge in [-0.15, -0.1) is 11.3 Å². The van der Waals surface area contributed by atoms with Crippen LogP contribution in [-0.4, -0.2) is 23.2 Å². The van der Waals surface area contributed by atoms with Crippen LogP contribution in [0.15, 0.2) is 18.2 Å². The van der Waals surface area contributed by atoms with Crippen LogP contribution in [0.5, 0.6) is 5.75 Å². The summed E-state index contributed by atoms with van der Waals surface area (Å²) >= 11 is 1.18. The zero-order chi connectivity index (χ0) is 13.3. The van der Waals surface area contributed by atoms with Crippen LogP contribution in [-0.2, 0) is 0 Å². The molecule has 0 radical (unpaired) electrons. The van der Waals surface area contributed by atoms with Crippen molar-refractivity contribution in [2.45, 2.75) is 13.8 Å². The summed E-state index contributed by atoms with van der Waals surface area (Å²) < 4.78 is 5.30. The van der Waals surface area contributed by atoms with E-state index < -0.39 is 5.97 Å². The molecule has 4 nitrogen and oxygen atoms in total. The van der Waals surface area contributed by atoms with Crippen LogP contribution >= 0.6 is 11.3 Å². The monoisotopic (exact) mass is 263 g/mol. The predicted molar refractivity (Wildman–Crippen MR) is 70.5 cm³/mol. The molecule has 0 aliphatic rings. The Kier molecular flexibility index (Phi) is 3.34. The molecule has 0 unspecified atom stereocenters. The maximum absolute atomic E-state index is 10.9. The molecular weight excluding hydrogens is 250 g/mol. The summed E-state index contributed by atoms with van der Waals surface area (Å²) in [6, 6.07) is 5.76. The lowest BCUT2D eigenvalue weighted by Gasteiger charge is -2.08. The highest BCUT2D eigenvalue weighted by Gasteiger charge is 2.17. The number of aryl methyl sites for hydroxylation is 2. The number of aromatic carboxylic acids is 1. The summed E-state index contributed by atoms with van der Waals surface area (Å²) in [5.74, 6) is -0.299. The van der Waals surface area contributed by atoms with Gasteiger partial charge in [-0.2, -0.15) is 0 Å². The minimum absolute atomic E-state index is 0.103. The Labute approximate surface area is 109 Å². The number of carbonyl (C=O) groups is 1. The van der Waals surface area contributed by atoms with Crippen LogP contribution in [0.4, 0.5) is 0 Å². The van der Waals surface area contributed by atoms with E-state index in [1.165, 1.54) is 11.3 Å². The SMILES string of the molecule is COc1ccc(C)cc1-c1nc(C(=O)O)sc1C. The van der Waals surface area contributed by atoms with Crippen molar-refractivity contribution < 1.29 is 14.6 Å². The average Bonchev–Trinajstić information content (AvgIpc) is 2.71. The van der Waals surface area contributed by atoms with Crippen LogP contribution in [0.1, 0.15) is 20.2 Å². The highest BCUT2D eigenvalue weighted by molar-refractivity contribution is 7.13. The third-order valence-electron chi connectivity index (χ3n) is 2.59. The molecule has 2 aromatic rings. The van der Waals surface area contributed by atoms with Gasteiger partial charge < -0.3 is 9.84 Å². The zero-order valence-electron chi connectivity index (χ0n) is 10.4. The van der Waals surface area contributed by atoms with Crippen LogP contribution in [0.25, 0.3) is 11.3 Å². The fourth-order valence-corrected chi connectivity index (χ4v) is 2.51. The number of aromatic nitrogens is 1. The topological polar surface area (TPSA) is 59.4 Å². The number of methoxy groups -OCH3 is 1. The van der Waals surface area contributed by atoms with E-state index in [0.29, 0.717) is 11.4 Å². The molecule has 1 N–H and O–H groups in total. The van der Waals surface area contributed by atoms with Gasteiger partial charge in [0.2, 0.25) is 5.01 Å². The van der Waals surface area contributed by atoms with Gasteiger partial charge in [-0.3, -0.25) is 0 Å². The first-order valence-corrected chi connectivity index (χ1v) is 6.20. The molecule has 0 saturated heterocycles. The minimum atomic E-state index is -0.999. The Morgan fingerprint density at radius 2 is 2.11 bits per heavy atom. The summed E-state index contributed by atoms with van der Waals surface area (Å²) in [5, 5.41) is 9.07. The quantitative estimate of drug-likeness (QED) is 0.924. The van der Waals surface area contributed by atoms with E-state index in [0.717, 1.165) is 16.0 Å². The van der Waals surface area contributed by atoms with Gasteiger partial charge >= 0.3 is 5.97 Å². The van der Waals surface area contributed by atoms with Crippen LogP contribution < -0.4 is 4.74 Å². The van der Waals surface area contributed by atoms with E-state index in [-0.39, 0.29) is 5.01 Å². The summed E-state index contributed by atoms with van der Waals surface area (Å²) in [7, 11) is 1.59. The van der Waals surface area contributed by atoms with Crippen molar-refractivity contribution in [1.82, 2.24) is 4.98 Å². The number of nitrogens with zero attached hydrogens (tertiary/aromatic N) is 1. The van der Waals surface area contributed by atoms with Gasteiger partial charge in [0, 0.05) is 10.4 Å². The summed E-state index contributed by atoms with van der Waals surface area (Å²) in [5.41, 5.74) is 2.59. The molecule has 0 saturated carbocycles. The number of carboxylic acid groups (broad SMARTS) is 1. The Balaban J connectivity index is 2.60. The number of thiazole rings is 1. The third kappa shape index (κ3) is 2.22. The lowest BCUT2D eigenvalue weighted by Crippen LogP contribution is -1.95. The fourth-order valence-electron chi connectivity index (χ4n) is 1.74. The van der Waals surface area contributed by atoms with E-state index in [1.807, 2.05) is 32.0 Å². The molecule has 1 heterocycles. The first-order chi connectivity index (χ1) is 8.52. The zero-order valence-corrected chi connectivity index (χ0v) is 11.2. The second-order valence-electron chi connectivity index (χ2n) is 3.93. The molecule has 1 aromatic carbocycles. The van der Waals surface area contributed by atoms with E-state index in [4.69, 9.17) is 9.84 Å². The van der Waals surface area contributed by atoms with Gasteiger partial charge in [0.1, 0.15) is 5.75 Å². The molecule has 0 aliphatic carbocycles. The largest absolute Gasteiger partial charge is 0.496 e. The first-order valence-electron chi connectivity index (χ1n) is 5.38. The van der Waals surface area contributed by atoms with Crippen molar-refractivity contribution in [3.05, 3.63) is 33.6 Å². The Bertz CT molecular complexity index is 604. The van der Waals surface area contributed by atoms with Gasteiger partial charge in [0.05, 0.1) is 12.8 Å². The fraction of sp³-hybridized carbons (Fsp3) is 0.231. The molecule has 5 heteroatoms. The maximum Gasteiger partial charge on any atom is 0.365 e. The Morgan fingerprint density at radius 3 is 2.67 bits per heavy atom. The summed E-state index contributed by atoms with van der Waals surface area (Å²) in [4.78, 5) is 16.0. The van der Waals surface area contributed by atoms with Gasteiger partial charge in [-0.1, -0.05) is 11.6 Å². The average molecular weight is 263 g/mol. The van der Waals surface area contributed by atoms with Crippen LogP contribution in [0.2, 0.25) is 0 Å². The number of rotatable bonds is 3. The van der Waals surface area contributed by atoms with Crippen molar-refractivity contribution in [3.63, 3.8) is 0 Å². The van der Waals surface area contributed by atoms with E-state index in [9.17, 15) is 4.79 Å². The van der Waals surface area contributed by atoms with Crippen LogP contribution in [0.3, 0.4) is 0 Å². The van der Waals surface area contributed by atoms with Gasteiger partial charge in [0.15, 0.2) is 0 Å². The second kappa shape index (κ2) is 4.78. The lowest BCUT2D eigenvalue weighted by atomic mass is 10.1. The smallest absolute Gasteiger partial charge is 0.365 e. The summed E-state index contributed by atoms with van der Waals surface area (Å²) in [6.45, 7) is 3.84. The predicted octanol–water partition coefficient (Wildman–Crippen LogP) is 3.13. The molecular formula is C13H13NO3S. The number of hydrogen-bond acceptors (Lipinski definition) is 4. The molecule has 18 heavy (non-hydrogen) atoms. The maximum atomic E-state index is 10.9. The molecule has 94 valence electrons. The molecule has 0 fully saturated rings. The molecule has 0 atom stereocenters. The Hall–Kier alpha value is -1.88. The van der Waals surface area contributed by atoms with Crippen molar-refractivity contribution in [2.75, 3.05) is 7.11 Å². The summed E-state index contributed by atoms with van der Waals surface area (Å²) in [6.07, 6.45) is 0. The van der Waals surface area contributed by atoms with Crippen molar-refractivity contribution in [1.29, 1.82) is 0 Å². The van der Waals surface area contributed by atoms with Gasteiger partial charge in [-0.05, 0) is 26.0 Å². The van der Waals surface area contributed by atoms with Crippen molar-refractivity contribution in [2.24, 2.45) is 0 Å². The normalized spacial score (nSPS) is 10.4. The highest BCUT2D eigenvalue weighted by Crippen LogP contribution is 2.34. The molecule has 0 spiro atoms.